The molecule has 2 aromatic heterocycles. The summed E-state index contributed by atoms with van der Waals surface area (Å²) in [6.07, 6.45) is 12.0. The molecule has 0 N–H and O–H groups in total. The van der Waals surface area contributed by atoms with Gasteiger partial charge < -0.3 is 49.6 Å². The summed E-state index contributed by atoms with van der Waals surface area (Å²) in [7, 11) is 0. The summed E-state index contributed by atoms with van der Waals surface area (Å²) >= 11 is 9.53. The molecule has 2 heterocycles. The van der Waals surface area contributed by atoms with Gasteiger partial charge in [0.1, 0.15) is 0 Å². The zero-order valence-electron chi connectivity index (χ0n) is 16.9. The van der Waals surface area contributed by atoms with Crippen LogP contribution in [0.1, 0.15) is 37.1 Å². The Labute approximate surface area is 260 Å². The molecular formula is C19H22Cl6Hg2N4. The monoisotopic (exact) mass is 920 g/mol. The SMILES string of the molecule is C(=N[C@@H]1CCCC[C@H]1N=Cc1ccccn1)c1ccccn1.ClCCl.[Cl-].[Cl-].[Cl-].[Cl-].[Hg+2].[Hg+2]. The second-order valence-electron chi connectivity index (χ2n) is 5.59. The van der Waals surface area contributed by atoms with Crippen molar-refractivity contribution < 1.29 is 105 Å². The van der Waals surface area contributed by atoms with Gasteiger partial charge in [0.25, 0.3) is 0 Å². The van der Waals surface area contributed by atoms with Crippen molar-refractivity contribution in [2.24, 2.45) is 9.98 Å². The van der Waals surface area contributed by atoms with Crippen LogP contribution in [-0.2, 0) is 55.3 Å². The fraction of sp³-hybridized carbons (Fsp3) is 0.368. The van der Waals surface area contributed by atoms with E-state index in [1.54, 1.807) is 12.4 Å². The van der Waals surface area contributed by atoms with Crippen molar-refractivity contribution in [1.29, 1.82) is 0 Å². The van der Waals surface area contributed by atoms with E-state index in [4.69, 9.17) is 33.2 Å². The molecule has 0 aromatic carbocycles. The molecule has 0 radical (unpaired) electrons. The second kappa shape index (κ2) is 27.5. The number of aliphatic imine (C=N–C) groups is 2. The van der Waals surface area contributed by atoms with Gasteiger partial charge in [0.15, 0.2) is 0 Å². The van der Waals surface area contributed by atoms with Gasteiger partial charge in [0.05, 0.1) is 28.8 Å². The Bertz CT molecular complexity index is 611. The minimum atomic E-state index is 0. The number of halogens is 6. The molecule has 2 atom stereocenters. The third-order valence-corrected chi connectivity index (χ3v) is 3.87. The second-order valence-corrected chi connectivity index (χ2v) is 6.39. The summed E-state index contributed by atoms with van der Waals surface area (Å²) in [4.78, 5) is 18.0. The Morgan fingerprint density at radius 3 is 1.39 bits per heavy atom. The van der Waals surface area contributed by atoms with Gasteiger partial charge in [-0.2, -0.15) is 0 Å². The number of hydrogen-bond acceptors (Lipinski definition) is 4. The van der Waals surface area contributed by atoms with E-state index in [9.17, 15) is 0 Å². The molecule has 0 amide bonds. The summed E-state index contributed by atoms with van der Waals surface area (Å²) in [5, 5.41) is 0.194. The van der Waals surface area contributed by atoms with Gasteiger partial charge in [-0.25, -0.2) is 0 Å². The van der Waals surface area contributed by atoms with Crippen LogP contribution in [0.15, 0.2) is 58.8 Å². The van der Waals surface area contributed by atoms with Crippen LogP contribution in [0.3, 0.4) is 0 Å². The number of rotatable bonds is 4. The molecule has 1 fully saturated rings. The predicted octanol–water partition coefficient (Wildman–Crippen LogP) is -7.24. The minimum absolute atomic E-state index is 0. The first-order valence-electron chi connectivity index (χ1n) is 8.34. The normalized spacial score (nSPS) is 16.5. The molecule has 12 heteroatoms. The summed E-state index contributed by atoms with van der Waals surface area (Å²) in [5.74, 6) is 0. The van der Waals surface area contributed by atoms with Crippen molar-refractivity contribution in [3.63, 3.8) is 0 Å². The molecule has 0 aliphatic heterocycles. The van der Waals surface area contributed by atoms with Crippen LogP contribution in [0, 0.1) is 0 Å². The molecule has 0 unspecified atom stereocenters. The maximum atomic E-state index is 4.76. The van der Waals surface area contributed by atoms with Crippen LogP contribution in [0.5, 0.6) is 0 Å². The molecule has 31 heavy (non-hydrogen) atoms. The van der Waals surface area contributed by atoms with Gasteiger partial charge in [-0.3, -0.25) is 20.0 Å². The molecule has 3 rings (SSSR count). The molecule has 1 aliphatic rings. The molecule has 164 valence electrons. The fourth-order valence-corrected chi connectivity index (χ4v) is 2.69. The first-order chi connectivity index (χ1) is 12.3. The summed E-state index contributed by atoms with van der Waals surface area (Å²) in [6, 6.07) is 12.2. The van der Waals surface area contributed by atoms with Crippen molar-refractivity contribution in [2.75, 3.05) is 5.34 Å². The van der Waals surface area contributed by atoms with Crippen LogP contribution in [-0.4, -0.2) is 39.8 Å². The first kappa shape index (κ1) is 42.4. The number of pyridine rings is 2. The van der Waals surface area contributed by atoms with Gasteiger partial charge in [0.2, 0.25) is 0 Å². The number of hydrogen-bond donors (Lipinski definition) is 0. The molecule has 1 aliphatic carbocycles. The van der Waals surface area contributed by atoms with Crippen LogP contribution in [0.2, 0.25) is 0 Å². The summed E-state index contributed by atoms with van der Waals surface area (Å²) in [6.45, 7) is 0. The zero-order chi connectivity index (χ0) is 17.7. The standard InChI is InChI=1S/C18H20N4.CH2Cl2.4ClH.2Hg/c1-2-10-18(22-14-16-8-4-6-12-20-16)17(9-1)21-13-15-7-3-5-11-19-15;2-1-3;;;;;;/h3-8,11-14,17-18H,1-2,9-10H2;1H2;4*1H;;/q;;;;;;2*+2/p-4/t17-,18-;;;;;;;/m1......./s1. The van der Waals surface area contributed by atoms with Crippen LogP contribution in [0.4, 0.5) is 0 Å². The van der Waals surface area contributed by atoms with E-state index in [1.807, 2.05) is 48.8 Å². The van der Waals surface area contributed by atoms with E-state index >= 15 is 0 Å². The average molecular weight is 920 g/mol. The minimum Gasteiger partial charge on any atom is -1.00 e. The van der Waals surface area contributed by atoms with E-state index in [0.29, 0.717) is 0 Å². The molecule has 0 saturated heterocycles. The van der Waals surface area contributed by atoms with Gasteiger partial charge in [-0.05, 0) is 37.1 Å². The van der Waals surface area contributed by atoms with Crippen molar-refractivity contribution >= 4 is 35.6 Å². The third-order valence-electron chi connectivity index (χ3n) is 3.87. The fourth-order valence-electron chi connectivity index (χ4n) is 2.69. The van der Waals surface area contributed by atoms with Crippen LogP contribution >= 0.6 is 23.2 Å². The maximum absolute atomic E-state index is 4.76. The molecule has 4 nitrogen and oxygen atoms in total. The Morgan fingerprint density at radius 1 is 0.742 bits per heavy atom. The third kappa shape index (κ3) is 18.3. The van der Waals surface area contributed by atoms with Gasteiger partial charge in [-0.1, -0.05) is 25.0 Å². The first-order valence-corrected chi connectivity index (χ1v) is 9.40. The van der Waals surface area contributed by atoms with E-state index < -0.39 is 0 Å². The summed E-state index contributed by atoms with van der Waals surface area (Å²) < 4.78 is 0. The predicted molar refractivity (Wildman–Crippen MR) is 106 cm³/mol. The van der Waals surface area contributed by atoms with E-state index in [0.717, 1.165) is 24.2 Å². The molecule has 0 spiro atoms. The molecule has 2 aromatic rings. The van der Waals surface area contributed by atoms with E-state index in [1.165, 1.54) is 12.8 Å². The van der Waals surface area contributed by atoms with Crippen molar-refractivity contribution in [1.82, 2.24) is 9.97 Å². The van der Waals surface area contributed by atoms with E-state index in [-0.39, 0.29) is 122 Å². The van der Waals surface area contributed by atoms with Crippen LogP contribution in [0.25, 0.3) is 0 Å². The van der Waals surface area contributed by atoms with Gasteiger partial charge >= 0.3 is 55.3 Å². The Balaban J connectivity index is -0.000000237. The van der Waals surface area contributed by atoms with Crippen molar-refractivity contribution in [2.45, 2.75) is 37.8 Å². The smallest absolute Gasteiger partial charge is 1.00 e. The largest absolute Gasteiger partial charge is 2.00 e. The Kier molecular flexibility index (Phi) is 37.6. The molecule has 1 saturated carbocycles. The van der Waals surface area contributed by atoms with Crippen molar-refractivity contribution in [3.8, 4) is 0 Å². The van der Waals surface area contributed by atoms with E-state index in [2.05, 4.69) is 9.97 Å². The van der Waals surface area contributed by atoms with Crippen LogP contribution < -0.4 is 49.6 Å². The topological polar surface area (TPSA) is 50.5 Å². The number of aromatic nitrogens is 2. The number of alkyl halides is 2. The zero-order valence-corrected chi connectivity index (χ0v) is 32.5. The quantitative estimate of drug-likeness (QED) is 0.174. The Hall–Kier alpha value is 1.25. The van der Waals surface area contributed by atoms with Gasteiger partial charge in [0, 0.05) is 24.8 Å². The Morgan fingerprint density at radius 2 is 1.10 bits per heavy atom. The van der Waals surface area contributed by atoms with Crippen molar-refractivity contribution in [3.05, 3.63) is 60.2 Å². The molecule has 0 bridgehead atoms. The number of nitrogens with zero attached hydrogens (tertiary/aromatic N) is 4. The summed E-state index contributed by atoms with van der Waals surface area (Å²) in [5.41, 5.74) is 1.81. The molecular weight excluding hydrogens is 898 g/mol. The van der Waals surface area contributed by atoms with Gasteiger partial charge in [-0.15, -0.1) is 23.2 Å². The average Bonchev–Trinajstić information content (AvgIpc) is 2.68. The maximum Gasteiger partial charge on any atom is 2.00 e.